The van der Waals surface area contributed by atoms with Crippen molar-refractivity contribution in [1.82, 2.24) is 5.32 Å². The van der Waals surface area contributed by atoms with E-state index in [-0.39, 0.29) is 18.4 Å². The van der Waals surface area contributed by atoms with Crippen LogP contribution in [0.5, 0.6) is 0 Å². The third-order valence-corrected chi connectivity index (χ3v) is 2.64. The van der Waals surface area contributed by atoms with Crippen LogP contribution in [-0.4, -0.2) is 11.9 Å². The largest absolute Gasteiger partial charge is 0.354 e. The summed E-state index contributed by atoms with van der Waals surface area (Å²) in [6.07, 6.45) is 1.58. The third kappa shape index (κ3) is 4.51. The lowest BCUT2D eigenvalue weighted by atomic mass is 10.1. The standard InChI is InChI=1S/C13H17F2NO/c1-3-9(2)16-13(17)7-5-10-4-6-11(14)12(15)8-10/h4,6,8-9H,3,5,7H2,1-2H3,(H,16,17)/t9-/m1/s1. The fourth-order valence-corrected chi connectivity index (χ4v) is 1.40. The summed E-state index contributed by atoms with van der Waals surface area (Å²) >= 11 is 0. The molecule has 0 saturated carbocycles. The molecule has 4 heteroatoms. The molecule has 0 unspecified atom stereocenters. The van der Waals surface area contributed by atoms with Crippen LogP contribution in [0.2, 0.25) is 0 Å². The van der Waals surface area contributed by atoms with Gasteiger partial charge < -0.3 is 5.32 Å². The molecule has 1 N–H and O–H groups in total. The Balaban J connectivity index is 2.45. The molecule has 1 aromatic carbocycles. The molecule has 0 aliphatic heterocycles. The van der Waals surface area contributed by atoms with E-state index in [2.05, 4.69) is 5.32 Å². The molecule has 0 saturated heterocycles. The molecule has 0 fully saturated rings. The first kappa shape index (κ1) is 13.6. The van der Waals surface area contributed by atoms with Gasteiger partial charge in [0.15, 0.2) is 11.6 Å². The SMILES string of the molecule is CC[C@@H](C)NC(=O)CCc1ccc(F)c(F)c1. The number of halogens is 2. The smallest absolute Gasteiger partial charge is 0.220 e. The van der Waals surface area contributed by atoms with Crippen molar-refractivity contribution < 1.29 is 13.6 Å². The summed E-state index contributed by atoms with van der Waals surface area (Å²) in [6.45, 7) is 3.91. The lowest BCUT2D eigenvalue weighted by Gasteiger charge is -2.11. The molecule has 0 spiro atoms. The third-order valence-electron chi connectivity index (χ3n) is 2.64. The van der Waals surface area contributed by atoms with Crippen molar-refractivity contribution in [3.8, 4) is 0 Å². The Morgan fingerprint density at radius 2 is 2.06 bits per heavy atom. The maximum absolute atomic E-state index is 12.9. The maximum Gasteiger partial charge on any atom is 0.220 e. The minimum atomic E-state index is -0.871. The number of amides is 1. The second-order valence-corrected chi connectivity index (χ2v) is 4.13. The molecule has 1 atom stereocenters. The van der Waals surface area contributed by atoms with Crippen LogP contribution in [0, 0.1) is 11.6 Å². The summed E-state index contributed by atoms with van der Waals surface area (Å²) < 4.78 is 25.6. The summed E-state index contributed by atoms with van der Waals surface area (Å²) in [5.74, 6) is -1.80. The molecule has 0 bridgehead atoms. The van der Waals surface area contributed by atoms with E-state index >= 15 is 0 Å². The number of nitrogens with one attached hydrogen (secondary N) is 1. The van der Waals surface area contributed by atoms with Gasteiger partial charge in [-0.3, -0.25) is 4.79 Å². The van der Waals surface area contributed by atoms with E-state index in [0.29, 0.717) is 12.0 Å². The van der Waals surface area contributed by atoms with Crippen molar-refractivity contribution in [2.75, 3.05) is 0 Å². The molecule has 0 aliphatic carbocycles. The van der Waals surface area contributed by atoms with Crippen LogP contribution in [0.1, 0.15) is 32.3 Å². The number of hydrogen-bond acceptors (Lipinski definition) is 1. The lowest BCUT2D eigenvalue weighted by Crippen LogP contribution is -2.32. The minimum absolute atomic E-state index is 0.0657. The second kappa shape index (κ2) is 6.33. The Bertz CT molecular complexity index is 393. The Morgan fingerprint density at radius 3 is 2.65 bits per heavy atom. The van der Waals surface area contributed by atoms with Crippen LogP contribution in [0.15, 0.2) is 18.2 Å². The van der Waals surface area contributed by atoms with E-state index in [0.717, 1.165) is 18.6 Å². The molecule has 0 heterocycles. The molecule has 94 valence electrons. The van der Waals surface area contributed by atoms with Crippen molar-refractivity contribution in [3.63, 3.8) is 0 Å². The van der Waals surface area contributed by atoms with Gasteiger partial charge in [0.2, 0.25) is 5.91 Å². The predicted molar refractivity (Wildman–Crippen MR) is 62.6 cm³/mol. The summed E-state index contributed by atoms with van der Waals surface area (Å²) in [5, 5.41) is 2.82. The Morgan fingerprint density at radius 1 is 1.35 bits per heavy atom. The predicted octanol–water partition coefficient (Wildman–Crippen LogP) is 2.81. The quantitative estimate of drug-likeness (QED) is 0.843. The zero-order valence-corrected chi connectivity index (χ0v) is 10.1. The van der Waals surface area contributed by atoms with Crippen molar-refractivity contribution in [2.45, 2.75) is 39.2 Å². The Kier molecular flexibility index (Phi) is 5.07. The molecular weight excluding hydrogens is 224 g/mol. The van der Waals surface area contributed by atoms with Gasteiger partial charge in [-0.2, -0.15) is 0 Å². The monoisotopic (exact) mass is 241 g/mol. The van der Waals surface area contributed by atoms with E-state index < -0.39 is 11.6 Å². The van der Waals surface area contributed by atoms with E-state index in [1.54, 1.807) is 0 Å². The average Bonchev–Trinajstić information content (AvgIpc) is 2.30. The van der Waals surface area contributed by atoms with Crippen LogP contribution in [0.4, 0.5) is 8.78 Å². The van der Waals surface area contributed by atoms with Crippen LogP contribution < -0.4 is 5.32 Å². The van der Waals surface area contributed by atoms with Crippen LogP contribution in [0.25, 0.3) is 0 Å². The summed E-state index contributed by atoms with van der Waals surface area (Å²) in [4.78, 5) is 11.5. The first-order valence-electron chi connectivity index (χ1n) is 5.76. The highest BCUT2D eigenvalue weighted by atomic mass is 19.2. The van der Waals surface area contributed by atoms with Gasteiger partial charge >= 0.3 is 0 Å². The number of carbonyl (C=O) groups is 1. The van der Waals surface area contributed by atoms with Crippen LogP contribution in [0.3, 0.4) is 0 Å². The topological polar surface area (TPSA) is 29.1 Å². The molecule has 0 radical (unpaired) electrons. The highest BCUT2D eigenvalue weighted by molar-refractivity contribution is 5.76. The molecule has 17 heavy (non-hydrogen) atoms. The Hall–Kier alpha value is -1.45. The average molecular weight is 241 g/mol. The summed E-state index contributed by atoms with van der Waals surface area (Å²) in [7, 11) is 0. The van der Waals surface area contributed by atoms with E-state index in [4.69, 9.17) is 0 Å². The number of benzene rings is 1. The minimum Gasteiger partial charge on any atom is -0.354 e. The normalized spacial score (nSPS) is 12.2. The number of hydrogen-bond donors (Lipinski definition) is 1. The Labute approximate surface area is 100 Å². The molecule has 1 aromatic rings. The summed E-state index contributed by atoms with van der Waals surface area (Å²) in [6, 6.07) is 3.85. The number of carbonyl (C=O) groups excluding carboxylic acids is 1. The van der Waals surface area contributed by atoms with Gasteiger partial charge in [0.1, 0.15) is 0 Å². The highest BCUT2D eigenvalue weighted by Crippen LogP contribution is 2.10. The van der Waals surface area contributed by atoms with E-state index in [9.17, 15) is 13.6 Å². The molecule has 1 rings (SSSR count). The first-order valence-corrected chi connectivity index (χ1v) is 5.76. The number of aryl methyl sites for hydroxylation is 1. The molecular formula is C13H17F2NO. The second-order valence-electron chi connectivity index (χ2n) is 4.13. The zero-order chi connectivity index (χ0) is 12.8. The fourth-order valence-electron chi connectivity index (χ4n) is 1.40. The van der Waals surface area contributed by atoms with Gasteiger partial charge in [0.25, 0.3) is 0 Å². The van der Waals surface area contributed by atoms with Crippen molar-refractivity contribution in [2.24, 2.45) is 0 Å². The van der Waals surface area contributed by atoms with E-state index in [1.807, 2.05) is 13.8 Å². The van der Waals surface area contributed by atoms with Gasteiger partial charge in [0.05, 0.1) is 0 Å². The number of rotatable bonds is 5. The van der Waals surface area contributed by atoms with Crippen molar-refractivity contribution in [3.05, 3.63) is 35.4 Å². The molecule has 0 aliphatic rings. The molecule has 1 amide bonds. The van der Waals surface area contributed by atoms with Gasteiger partial charge in [-0.25, -0.2) is 8.78 Å². The van der Waals surface area contributed by atoms with E-state index in [1.165, 1.54) is 6.07 Å². The maximum atomic E-state index is 12.9. The van der Waals surface area contributed by atoms with Gasteiger partial charge in [-0.05, 0) is 37.5 Å². The van der Waals surface area contributed by atoms with Crippen molar-refractivity contribution in [1.29, 1.82) is 0 Å². The zero-order valence-electron chi connectivity index (χ0n) is 10.1. The molecule has 0 aromatic heterocycles. The lowest BCUT2D eigenvalue weighted by molar-refractivity contribution is -0.121. The fraction of sp³-hybridized carbons (Fsp3) is 0.462. The van der Waals surface area contributed by atoms with Gasteiger partial charge in [-0.15, -0.1) is 0 Å². The van der Waals surface area contributed by atoms with Crippen molar-refractivity contribution >= 4 is 5.91 Å². The first-order chi connectivity index (χ1) is 8.02. The van der Waals surface area contributed by atoms with Gasteiger partial charge in [0, 0.05) is 12.5 Å². The van der Waals surface area contributed by atoms with Gasteiger partial charge in [-0.1, -0.05) is 13.0 Å². The van der Waals surface area contributed by atoms with Crippen LogP contribution in [-0.2, 0) is 11.2 Å². The molecule has 2 nitrogen and oxygen atoms in total. The van der Waals surface area contributed by atoms with Crippen LogP contribution >= 0.6 is 0 Å². The highest BCUT2D eigenvalue weighted by Gasteiger charge is 2.07. The summed E-state index contributed by atoms with van der Waals surface area (Å²) in [5.41, 5.74) is 0.628.